The van der Waals surface area contributed by atoms with Gasteiger partial charge >= 0.3 is 0 Å². The molecule has 5 rings (SSSR count). The summed E-state index contributed by atoms with van der Waals surface area (Å²) in [6.45, 7) is 18.7. The first kappa shape index (κ1) is 18.7. The molecule has 5 aliphatic rings. The molecule has 5 saturated heterocycles. The second kappa shape index (κ2) is 7.18. The van der Waals surface area contributed by atoms with E-state index in [1.54, 1.807) is 0 Å². The number of likely N-dealkylation sites (N-methyl/N-ethyl adjacent to an activating group) is 1. The van der Waals surface area contributed by atoms with Gasteiger partial charge in [0.1, 0.15) is 0 Å². The third kappa shape index (κ3) is 3.91. The molecule has 0 aromatic rings. The molecule has 0 spiro atoms. The maximum atomic E-state index is 7.10. The summed E-state index contributed by atoms with van der Waals surface area (Å²) in [7, 11) is 0. The quantitative estimate of drug-likeness (QED) is 0.455. The van der Waals surface area contributed by atoms with Gasteiger partial charge in [-0.3, -0.25) is 24.5 Å². The fourth-order valence-corrected chi connectivity index (χ4v) is 6.06. The molecule has 8 atom stereocenters. The molecule has 5 heterocycles. The lowest BCUT2D eigenvalue weighted by molar-refractivity contribution is 0.0963. The van der Waals surface area contributed by atoms with E-state index in [4.69, 9.17) is 5.73 Å². The minimum Gasteiger partial charge on any atom is -0.322 e. The van der Waals surface area contributed by atoms with Gasteiger partial charge in [-0.1, -0.05) is 6.92 Å². The van der Waals surface area contributed by atoms with Gasteiger partial charge in [0.05, 0.1) is 23.9 Å². The zero-order valence-electron chi connectivity index (χ0n) is 17.0. The molecule has 6 bridgehead atoms. The first-order chi connectivity index (χ1) is 13.1. The Bertz CT molecular complexity index is 546. The predicted molar refractivity (Wildman–Crippen MR) is 108 cm³/mol. The molecule has 0 radical (unpaired) electrons. The number of nitrogens with two attached hydrogens (primary N) is 1. The van der Waals surface area contributed by atoms with E-state index >= 15 is 0 Å². The summed E-state index contributed by atoms with van der Waals surface area (Å²) >= 11 is 0. The van der Waals surface area contributed by atoms with E-state index in [-0.39, 0.29) is 11.1 Å². The normalized spacial score (nSPS) is 52.7. The lowest BCUT2D eigenvalue weighted by Crippen LogP contribution is -2.65. The van der Waals surface area contributed by atoms with Gasteiger partial charge in [-0.2, -0.15) is 0 Å². The van der Waals surface area contributed by atoms with Crippen LogP contribution in [0.1, 0.15) is 6.92 Å². The van der Waals surface area contributed by atoms with Crippen LogP contribution in [0, 0.1) is 0 Å². The van der Waals surface area contributed by atoms with Crippen molar-refractivity contribution in [2.24, 2.45) is 5.73 Å². The monoisotopic (exact) mass is 378 g/mol. The first-order valence-corrected chi connectivity index (χ1v) is 11.0. The second-order valence-corrected chi connectivity index (χ2v) is 9.75. The molecule has 4 N–H and O–H groups in total. The molecule has 5 aliphatic heterocycles. The van der Waals surface area contributed by atoms with Crippen molar-refractivity contribution < 1.29 is 0 Å². The molecule has 3 unspecified atom stereocenters. The maximum Gasteiger partial charge on any atom is 0.0757 e. The Hall–Kier alpha value is -0.320. The Morgan fingerprint density at radius 3 is 2.56 bits per heavy atom. The van der Waals surface area contributed by atoms with E-state index < -0.39 is 0 Å². The Morgan fingerprint density at radius 1 is 0.926 bits per heavy atom. The van der Waals surface area contributed by atoms with Crippen molar-refractivity contribution in [2.45, 2.75) is 24.2 Å². The van der Waals surface area contributed by atoms with Gasteiger partial charge < -0.3 is 16.4 Å². The number of nitrogens with zero attached hydrogens (tertiary/aromatic N) is 5. The number of fused-ring (bicyclic) bond motifs is 6. The van der Waals surface area contributed by atoms with Crippen molar-refractivity contribution in [1.82, 2.24) is 35.1 Å². The van der Waals surface area contributed by atoms with Crippen LogP contribution in [0.3, 0.4) is 0 Å². The Morgan fingerprint density at radius 2 is 1.70 bits per heavy atom. The summed E-state index contributed by atoms with van der Waals surface area (Å²) in [4.78, 5) is 13.3. The van der Waals surface area contributed by atoms with Crippen molar-refractivity contribution in [3.63, 3.8) is 0 Å². The van der Waals surface area contributed by atoms with E-state index in [1.807, 2.05) is 0 Å². The highest BCUT2D eigenvalue weighted by molar-refractivity contribution is 5.07. The van der Waals surface area contributed by atoms with Crippen molar-refractivity contribution in [3.8, 4) is 0 Å². The highest BCUT2D eigenvalue weighted by Crippen LogP contribution is 2.30. The molecule has 5 fully saturated rings. The lowest BCUT2D eigenvalue weighted by Gasteiger charge is -2.43. The van der Waals surface area contributed by atoms with Crippen LogP contribution >= 0.6 is 0 Å². The van der Waals surface area contributed by atoms with E-state index in [0.29, 0.717) is 6.17 Å². The van der Waals surface area contributed by atoms with Crippen molar-refractivity contribution >= 4 is 0 Å². The van der Waals surface area contributed by atoms with E-state index in [2.05, 4.69) is 42.1 Å². The molecule has 0 saturated carbocycles. The van der Waals surface area contributed by atoms with Gasteiger partial charge in [0.2, 0.25) is 0 Å². The van der Waals surface area contributed by atoms with Crippen LogP contribution in [-0.2, 0) is 0 Å². The number of nitrogens with one attached hydrogen (secondary N) is 2. The van der Waals surface area contributed by atoms with Crippen molar-refractivity contribution in [1.29, 1.82) is 0 Å². The summed E-state index contributed by atoms with van der Waals surface area (Å²) in [5, 5.41) is 7.73. The summed E-state index contributed by atoms with van der Waals surface area (Å²) in [6.07, 6.45) is 0.590. The third-order valence-electron chi connectivity index (χ3n) is 7.19. The number of hydrogen-bond donors (Lipinski definition) is 3. The molecular formula is C19H38N8. The van der Waals surface area contributed by atoms with Gasteiger partial charge in [-0.05, 0) is 6.54 Å². The molecule has 154 valence electrons. The second-order valence-electron chi connectivity index (χ2n) is 9.75. The molecule has 0 aliphatic carbocycles. The summed E-state index contributed by atoms with van der Waals surface area (Å²) in [5.41, 5.74) is 7.08. The van der Waals surface area contributed by atoms with E-state index in [9.17, 15) is 0 Å². The van der Waals surface area contributed by atoms with E-state index in [0.717, 1.165) is 85.2 Å². The minimum atomic E-state index is -0.132. The summed E-state index contributed by atoms with van der Waals surface area (Å²) < 4.78 is 0. The minimum absolute atomic E-state index is 0.119. The van der Waals surface area contributed by atoms with Gasteiger partial charge in [-0.15, -0.1) is 0 Å². The third-order valence-corrected chi connectivity index (χ3v) is 7.19. The van der Waals surface area contributed by atoms with Crippen LogP contribution < -0.4 is 16.4 Å². The highest BCUT2D eigenvalue weighted by atomic mass is 15.5. The SMILES string of the molecule is CCN[C@@]12CNCC[N@@]3CCN(C1)C1CN1C[C@](N)(C3)C[N@]1CC[N@@](C1)C2. The fraction of sp³-hybridized carbons (Fsp3) is 1.00. The molecule has 0 aromatic carbocycles. The molecular weight excluding hydrogens is 340 g/mol. The molecule has 8 nitrogen and oxygen atoms in total. The van der Waals surface area contributed by atoms with Crippen LogP contribution in [-0.4, -0.2) is 140 Å². The van der Waals surface area contributed by atoms with Crippen LogP contribution in [0.2, 0.25) is 0 Å². The topological polar surface area (TPSA) is 66.0 Å². The number of rotatable bonds is 2. The molecule has 0 aromatic heterocycles. The van der Waals surface area contributed by atoms with Gasteiger partial charge in [-0.25, -0.2) is 0 Å². The first-order valence-electron chi connectivity index (χ1n) is 11.0. The molecule has 8 heteroatoms. The van der Waals surface area contributed by atoms with Crippen LogP contribution in [0.4, 0.5) is 0 Å². The van der Waals surface area contributed by atoms with E-state index in [1.165, 1.54) is 13.1 Å². The van der Waals surface area contributed by atoms with Crippen LogP contribution in [0.15, 0.2) is 0 Å². The van der Waals surface area contributed by atoms with Gasteiger partial charge in [0.15, 0.2) is 0 Å². The lowest BCUT2D eigenvalue weighted by atomic mass is 9.96. The number of hydrogen-bond acceptors (Lipinski definition) is 8. The van der Waals surface area contributed by atoms with Gasteiger partial charge in [0.25, 0.3) is 0 Å². The summed E-state index contributed by atoms with van der Waals surface area (Å²) in [6, 6.07) is 0. The Kier molecular flexibility index (Phi) is 4.97. The predicted octanol–water partition coefficient (Wildman–Crippen LogP) is -2.52. The molecule has 27 heavy (non-hydrogen) atoms. The maximum absolute atomic E-state index is 7.10. The fourth-order valence-electron chi connectivity index (χ4n) is 6.06. The van der Waals surface area contributed by atoms with Crippen molar-refractivity contribution in [2.75, 3.05) is 98.3 Å². The van der Waals surface area contributed by atoms with Gasteiger partial charge in [0, 0.05) is 85.1 Å². The Labute approximate surface area is 164 Å². The Balaban J connectivity index is 1.53. The van der Waals surface area contributed by atoms with Crippen LogP contribution in [0.5, 0.6) is 0 Å². The zero-order chi connectivity index (χ0) is 18.5. The van der Waals surface area contributed by atoms with Crippen LogP contribution in [0.25, 0.3) is 0 Å². The average molecular weight is 379 g/mol. The largest absolute Gasteiger partial charge is 0.322 e. The summed E-state index contributed by atoms with van der Waals surface area (Å²) in [5.74, 6) is 0. The zero-order valence-corrected chi connectivity index (χ0v) is 17.0. The van der Waals surface area contributed by atoms with Crippen molar-refractivity contribution in [3.05, 3.63) is 0 Å². The standard InChI is InChI=1S/C19H38N8/c1-2-22-19-10-21-3-4-23-7-8-26(15-19)17-9-27(17)13-18(20,11-23)12-24-5-6-25(14-19)16-24/h17,21-22H,2-16,20H2,1H3/t17?,18-,19+,27?/m0/s1. The highest BCUT2D eigenvalue weighted by Gasteiger charge is 2.49. The average Bonchev–Trinajstić information content (AvgIpc) is 3.22. The molecule has 0 amide bonds. The smallest absolute Gasteiger partial charge is 0.0757 e.